The monoisotopic (exact) mass is 351 g/mol. The van der Waals surface area contributed by atoms with E-state index >= 15 is 0 Å². The molecular formula is C19H18FN5O. The Labute approximate surface area is 150 Å². The molecule has 1 amide bonds. The number of halogens is 1. The number of nitrogens with zero attached hydrogens (tertiary/aromatic N) is 5. The topological polar surface area (TPSA) is 63.9 Å². The second kappa shape index (κ2) is 6.67. The van der Waals surface area contributed by atoms with E-state index in [9.17, 15) is 9.18 Å². The van der Waals surface area contributed by atoms with Crippen molar-refractivity contribution in [1.82, 2.24) is 24.6 Å². The Hall–Kier alpha value is -3.09. The number of benzene rings is 1. The van der Waals surface area contributed by atoms with Crippen LogP contribution in [0.1, 0.15) is 23.7 Å². The molecule has 1 aliphatic heterocycles. The smallest absolute Gasteiger partial charge is 0.219 e. The third-order valence-corrected chi connectivity index (χ3v) is 4.63. The molecule has 0 saturated heterocycles. The van der Waals surface area contributed by atoms with Crippen LogP contribution in [-0.4, -0.2) is 37.1 Å². The minimum atomic E-state index is -0.254. The van der Waals surface area contributed by atoms with E-state index in [1.165, 1.54) is 6.07 Å². The molecule has 0 saturated carbocycles. The molecule has 2 aromatic heterocycles. The highest BCUT2D eigenvalue weighted by molar-refractivity contribution is 5.74. The van der Waals surface area contributed by atoms with Crippen LogP contribution >= 0.6 is 0 Å². The molecule has 26 heavy (non-hydrogen) atoms. The lowest BCUT2D eigenvalue weighted by molar-refractivity contribution is -0.129. The van der Waals surface area contributed by atoms with E-state index in [0.717, 1.165) is 11.3 Å². The van der Waals surface area contributed by atoms with E-state index < -0.39 is 0 Å². The average Bonchev–Trinajstić information content (AvgIpc) is 3.02. The molecule has 1 aliphatic rings. The predicted molar refractivity (Wildman–Crippen MR) is 93.6 cm³/mol. The third-order valence-electron chi connectivity index (χ3n) is 4.63. The van der Waals surface area contributed by atoms with Gasteiger partial charge in [-0.1, -0.05) is 18.2 Å². The van der Waals surface area contributed by atoms with Crippen LogP contribution in [0.4, 0.5) is 4.39 Å². The van der Waals surface area contributed by atoms with Gasteiger partial charge >= 0.3 is 0 Å². The number of carbonyl (C=O) groups excluding carboxylic acids is 1. The van der Waals surface area contributed by atoms with E-state index in [1.807, 2.05) is 10.7 Å². The van der Waals surface area contributed by atoms with Gasteiger partial charge in [0.15, 0.2) is 5.82 Å². The molecule has 0 radical (unpaired) electrons. The molecule has 0 atom stereocenters. The van der Waals surface area contributed by atoms with Crippen molar-refractivity contribution in [2.45, 2.75) is 26.4 Å². The summed E-state index contributed by atoms with van der Waals surface area (Å²) in [6.07, 6.45) is 4.00. The minimum Gasteiger partial charge on any atom is -0.338 e. The van der Waals surface area contributed by atoms with Crippen molar-refractivity contribution >= 4 is 5.91 Å². The predicted octanol–water partition coefficient (Wildman–Crippen LogP) is 2.43. The normalized spacial score (nSPS) is 13.5. The Kier molecular flexibility index (Phi) is 4.20. The van der Waals surface area contributed by atoms with Gasteiger partial charge in [0.1, 0.15) is 11.5 Å². The first-order valence-electron chi connectivity index (χ1n) is 8.48. The number of fused-ring (bicyclic) bond motifs is 1. The Morgan fingerprint density at radius 1 is 1.19 bits per heavy atom. The van der Waals surface area contributed by atoms with Crippen molar-refractivity contribution in [3.8, 4) is 11.5 Å². The van der Waals surface area contributed by atoms with Gasteiger partial charge in [0, 0.05) is 55.6 Å². The van der Waals surface area contributed by atoms with Gasteiger partial charge in [0.05, 0.1) is 6.54 Å². The van der Waals surface area contributed by atoms with Crippen molar-refractivity contribution in [3.05, 3.63) is 65.4 Å². The molecule has 0 spiro atoms. The van der Waals surface area contributed by atoms with Gasteiger partial charge in [0.2, 0.25) is 5.91 Å². The fraction of sp³-hybridized carbons (Fsp3) is 0.263. The van der Waals surface area contributed by atoms with Crippen LogP contribution in [0.25, 0.3) is 11.5 Å². The maximum atomic E-state index is 14.1. The van der Waals surface area contributed by atoms with Crippen LogP contribution in [0, 0.1) is 5.82 Å². The second-order valence-corrected chi connectivity index (χ2v) is 6.29. The standard InChI is InChI=1S/C19H18FN5O/c1-13(26)24-10-7-17-15(12-24)18(19-21-8-4-9-22-19)23-25(17)11-14-5-2-3-6-16(14)20/h2-6,8-9H,7,10-12H2,1H3. The maximum Gasteiger partial charge on any atom is 0.219 e. The van der Waals surface area contributed by atoms with E-state index in [4.69, 9.17) is 0 Å². The van der Waals surface area contributed by atoms with Crippen molar-refractivity contribution < 1.29 is 9.18 Å². The van der Waals surface area contributed by atoms with Crippen LogP contribution in [0.2, 0.25) is 0 Å². The molecule has 3 aromatic rings. The molecule has 1 aromatic carbocycles. The summed E-state index contributed by atoms with van der Waals surface area (Å²) in [6, 6.07) is 8.43. The third kappa shape index (κ3) is 2.96. The van der Waals surface area contributed by atoms with E-state index in [0.29, 0.717) is 43.1 Å². The summed E-state index contributed by atoms with van der Waals surface area (Å²) in [6.45, 7) is 2.99. The summed E-state index contributed by atoms with van der Waals surface area (Å²) in [5.41, 5.74) is 3.18. The van der Waals surface area contributed by atoms with E-state index in [-0.39, 0.29) is 11.7 Å². The maximum absolute atomic E-state index is 14.1. The summed E-state index contributed by atoms with van der Waals surface area (Å²) in [7, 11) is 0. The molecule has 0 fully saturated rings. The Morgan fingerprint density at radius 2 is 1.96 bits per heavy atom. The SMILES string of the molecule is CC(=O)N1CCc2c(c(-c3ncccn3)nn2Cc2ccccc2F)C1. The molecule has 0 aliphatic carbocycles. The summed E-state index contributed by atoms with van der Waals surface area (Å²) in [4.78, 5) is 22.2. The zero-order chi connectivity index (χ0) is 18.1. The highest BCUT2D eigenvalue weighted by Gasteiger charge is 2.28. The Balaban J connectivity index is 1.79. The quantitative estimate of drug-likeness (QED) is 0.727. The molecule has 0 bridgehead atoms. The van der Waals surface area contributed by atoms with Crippen molar-refractivity contribution in [2.24, 2.45) is 0 Å². The molecule has 4 rings (SSSR count). The van der Waals surface area contributed by atoms with Gasteiger partial charge in [-0.05, 0) is 12.1 Å². The highest BCUT2D eigenvalue weighted by Crippen LogP contribution is 2.29. The number of hydrogen-bond acceptors (Lipinski definition) is 4. The average molecular weight is 351 g/mol. The molecule has 6 nitrogen and oxygen atoms in total. The van der Waals surface area contributed by atoms with E-state index in [1.54, 1.807) is 42.4 Å². The number of aromatic nitrogens is 4. The van der Waals surface area contributed by atoms with Gasteiger partial charge < -0.3 is 4.90 Å². The number of hydrogen-bond donors (Lipinski definition) is 0. The summed E-state index contributed by atoms with van der Waals surface area (Å²) < 4.78 is 15.9. The van der Waals surface area contributed by atoms with Crippen molar-refractivity contribution in [3.63, 3.8) is 0 Å². The Bertz CT molecular complexity index is 954. The first kappa shape index (κ1) is 16.4. The lowest BCUT2D eigenvalue weighted by Gasteiger charge is -2.26. The number of amides is 1. The summed E-state index contributed by atoms with van der Waals surface area (Å²) in [5.74, 6) is 0.286. The zero-order valence-electron chi connectivity index (χ0n) is 14.4. The lowest BCUT2D eigenvalue weighted by Crippen LogP contribution is -2.34. The van der Waals surface area contributed by atoms with Crippen LogP contribution in [-0.2, 0) is 24.3 Å². The van der Waals surface area contributed by atoms with E-state index in [2.05, 4.69) is 15.1 Å². The molecular weight excluding hydrogens is 333 g/mol. The van der Waals surface area contributed by atoms with Crippen molar-refractivity contribution in [1.29, 1.82) is 0 Å². The van der Waals surface area contributed by atoms with Gasteiger partial charge in [-0.2, -0.15) is 5.10 Å². The first-order chi connectivity index (χ1) is 12.6. The number of carbonyl (C=O) groups is 1. The highest BCUT2D eigenvalue weighted by atomic mass is 19.1. The van der Waals surface area contributed by atoms with Gasteiger partial charge in [-0.25, -0.2) is 14.4 Å². The zero-order valence-corrected chi connectivity index (χ0v) is 14.4. The molecule has 3 heterocycles. The molecule has 0 unspecified atom stereocenters. The fourth-order valence-electron chi connectivity index (χ4n) is 3.28. The van der Waals surface area contributed by atoms with Crippen LogP contribution < -0.4 is 0 Å². The molecule has 7 heteroatoms. The second-order valence-electron chi connectivity index (χ2n) is 6.29. The van der Waals surface area contributed by atoms with Gasteiger partial charge in [0.25, 0.3) is 0 Å². The largest absolute Gasteiger partial charge is 0.338 e. The summed E-state index contributed by atoms with van der Waals surface area (Å²) >= 11 is 0. The van der Waals surface area contributed by atoms with Crippen LogP contribution in [0.5, 0.6) is 0 Å². The fourth-order valence-corrected chi connectivity index (χ4v) is 3.28. The van der Waals surface area contributed by atoms with Gasteiger partial charge in [-0.15, -0.1) is 0 Å². The van der Waals surface area contributed by atoms with Crippen LogP contribution in [0.15, 0.2) is 42.7 Å². The lowest BCUT2D eigenvalue weighted by atomic mass is 10.0. The minimum absolute atomic E-state index is 0.0254. The van der Waals surface area contributed by atoms with Crippen LogP contribution in [0.3, 0.4) is 0 Å². The Morgan fingerprint density at radius 3 is 2.69 bits per heavy atom. The molecule has 132 valence electrons. The summed E-state index contributed by atoms with van der Waals surface area (Å²) in [5, 5.41) is 4.68. The van der Waals surface area contributed by atoms with Crippen molar-refractivity contribution in [2.75, 3.05) is 6.54 Å². The molecule has 0 N–H and O–H groups in total. The van der Waals surface area contributed by atoms with Gasteiger partial charge in [-0.3, -0.25) is 9.48 Å². The first-order valence-corrected chi connectivity index (χ1v) is 8.48. The number of rotatable bonds is 3.